The number of fused-ring (bicyclic) bond motifs is 1. The second kappa shape index (κ2) is 5.87. The summed E-state index contributed by atoms with van der Waals surface area (Å²) in [7, 11) is 0. The fourth-order valence-corrected chi connectivity index (χ4v) is 4.55. The van der Waals surface area contributed by atoms with Gasteiger partial charge in [-0.1, -0.05) is 32.9 Å². The van der Waals surface area contributed by atoms with Gasteiger partial charge in [-0.3, -0.25) is 4.79 Å². The van der Waals surface area contributed by atoms with Gasteiger partial charge >= 0.3 is 0 Å². The van der Waals surface area contributed by atoms with Gasteiger partial charge in [-0.15, -0.1) is 0 Å². The number of carbonyl (C=O) groups is 1. The van der Waals surface area contributed by atoms with Crippen LogP contribution in [0.5, 0.6) is 0 Å². The van der Waals surface area contributed by atoms with Crippen LogP contribution in [-0.2, 0) is 4.79 Å². The number of ketones is 1. The van der Waals surface area contributed by atoms with Crippen LogP contribution in [0.4, 0.5) is 0 Å². The highest BCUT2D eigenvalue weighted by atomic mass is 16.3. The predicted molar refractivity (Wildman–Crippen MR) is 86.9 cm³/mol. The lowest BCUT2D eigenvalue weighted by atomic mass is 9.62. The van der Waals surface area contributed by atoms with Gasteiger partial charge in [0.25, 0.3) is 0 Å². The molecule has 0 aliphatic heterocycles. The van der Waals surface area contributed by atoms with Gasteiger partial charge in [-0.25, -0.2) is 0 Å². The minimum absolute atomic E-state index is 0.151. The van der Waals surface area contributed by atoms with Crippen LogP contribution < -0.4 is 0 Å². The number of carbonyl (C=O) groups excluding carboxylic acids is 1. The highest BCUT2D eigenvalue weighted by molar-refractivity contribution is 5.83. The van der Waals surface area contributed by atoms with Gasteiger partial charge < -0.3 is 5.11 Å². The first-order valence-corrected chi connectivity index (χ1v) is 8.59. The van der Waals surface area contributed by atoms with Crippen molar-refractivity contribution in [2.45, 2.75) is 72.3 Å². The van der Waals surface area contributed by atoms with E-state index in [9.17, 15) is 9.90 Å². The zero-order chi connectivity index (χ0) is 15.8. The molecule has 2 saturated carbocycles. The number of hydrogen-bond donors (Lipinski definition) is 1. The number of rotatable bonds is 4. The van der Waals surface area contributed by atoms with Crippen LogP contribution in [0.25, 0.3) is 0 Å². The first-order valence-electron chi connectivity index (χ1n) is 8.59. The topological polar surface area (TPSA) is 37.3 Å². The van der Waals surface area contributed by atoms with Crippen molar-refractivity contribution in [3.05, 3.63) is 12.2 Å². The number of aliphatic hydroxyl groups is 1. The van der Waals surface area contributed by atoms with Crippen molar-refractivity contribution in [3.63, 3.8) is 0 Å². The molecular formula is C19H32O2. The maximum absolute atomic E-state index is 12.2. The van der Waals surface area contributed by atoms with E-state index in [-0.39, 0.29) is 11.3 Å². The standard InChI is InChI=1S/C19H32O2/c1-13(8-9-14(2)18(3,4)21)15-10-11-16-17(20)7-6-12-19(15,16)5/h8-9,13-16,21H,6-7,10-12H2,1-5H3/b9-8+/t13-,14+,15-,16?,19-/m1/s1. The van der Waals surface area contributed by atoms with Crippen molar-refractivity contribution in [1.82, 2.24) is 0 Å². The Kier molecular flexibility index (Phi) is 4.68. The van der Waals surface area contributed by atoms with Crippen molar-refractivity contribution in [3.8, 4) is 0 Å². The van der Waals surface area contributed by atoms with E-state index in [2.05, 4.69) is 32.9 Å². The molecule has 1 unspecified atom stereocenters. The van der Waals surface area contributed by atoms with E-state index in [4.69, 9.17) is 0 Å². The molecule has 120 valence electrons. The predicted octanol–water partition coefficient (Wildman–Crippen LogP) is 4.37. The minimum Gasteiger partial charge on any atom is -0.390 e. The molecule has 0 radical (unpaired) electrons. The zero-order valence-corrected chi connectivity index (χ0v) is 14.4. The molecule has 1 N–H and O–H groups in total. The van der Waals surface area contributed by atoms with Gasteiger partial charge in [-0.2, -0.15) is 0 Å². The Morgan fingerprint density at radius 2 is 1.95 bits per heavy atom. The average molecular weight is 292 g/mol. The second-order valence-corrected chi connectivity index (χ2v) is 8.25. The Balaban J connectivity index is 2.08. The maximum atomic E-state index is 12.2. The summed E-state index contributed by atoms with van der Waals surface area (Å²) in [6.45, 7) is 10.4. The van der Waals surface area contributed by atoms with Crippen LogP contribution in [0, 0.1) is 29.1 Å². The lowest BCUT2D eigenvalue weighted by molar-refractivity contribution is -0.129. The SMILES string of the molecule is C[C@H](/C=C/[C@H](C)C(C)(C)O)[C@H]1CCC2C(=O)CCC[C@@]21C. The van der Waals surface area contributed by atoms with E-state index in [1.807, 2.05) is 13.8 Å². The molecule has 2 rings (SSSR count). The molecule has 2 fully saturated rings. The van der Waals surface area contributed by atoms with Crippen molar-refractivity contribution in [2.75, 3.05) is 0 Å². The third kappa shape index (κ3) is 3.26. The fourth-order valence-electron chi connectivity index (χ4n) is 4.55. The van der Waals surface area contributed by atoms with Gasteiger partial charge in [0.05, 0.1) is 5.60 Å². The maximum Gasteiger partial charge on any atom is 0.136 e. The summed E-state index contributed by atoms with van der Waals surface area (Å²) in [5, 5.41) is 10.0. The summed E-state index contributed by atoms with van der Waals surface area (Å²) in [4.78, 5) is 12.2. The third-order valence-corrected chi connectivity index (χ3v) is 6.39. The monoisotopic (exact) mass is 292 g/mol. The van der Waals surface area contributed by atoms with Crippen LogP contribution in [0.15, 0.2) is 12.2 Å². The molecule has 0 aromatic rings. The van der Waals surface area contributed by atoms with E-state index >= 15 is 0 Å². The molecule has 0 saturated heterocycles. The highest BCUT2D eigenvalue weighted by Crippen LogP contribution is 2.56. The molecule has 0 heterocycles. The van der Waals surface area contributed by atoms with Gasteiger partial charge in [0.1, 0.15) is 5.78 Å². The lowest BCUT2D eigenvalue weighted by Crippen LogP contribution is -2.39. The number of allylic oxidation sites excluding steroid dienone is 1. The van der Waals surface area contributed by atoms with Gasteiger partial charge in [-0.05, 0) is 56.8 Å². The highest BCUT2D eigenvalue weighted by Gasteiger charge is 2.51. The number of Topliss-reactive ketones (excluding diaryl/α,β-unsaturated/α-hetero) is 1. The van der Waals surface area contributed by atoms with Crippen molar-refractivity contribution < 1.29 is 9.90 Å². The lowest BCUT2D eigenvalue weighted by Gasteiger charge is -2.41. The van der Waals surface area contributed by atoms with Crippen molar-refractivity contribution in [2.24, 2.45) is 29.1 Å². The Morgan fingerprint density at radius 3 is 2.57 bits per heavy atom. The normalized spacial score (nSPS) is 36.8. The Hall–Kier alpha value is -0.630. The molecule has 2 aliphatic carbocycles. The molecular weight excluding hydrogens is 260 g/mol. The van der Waals surface area contributed by atoms with Crippen molar-refractivity contribution in [1.29, 1.82) is 0 Å². The smallest absolute Gasteiger partial charge is 0.136 e. The summed E-state index contributed by atoms with van der Waals surface area (Å²) >= 11 is 0. The van der Waals surface area contributed by atoms with Crippen LogP contribution in [-0.4, -0.2) is 16.5 Å². The molecule has 2 nitrogen and oxygen atoms in total. The van der Waals surface area contributed by atoms with Gasteiger partial charge in [0.2, 0.25) is 0 Å². The molecule has 0 amide bonds. The molecule has 0 aromatic carbocycles. The summed E-state index contributed by atoms with van der Waals surface area (Å²) in [5.41, 5.74) is -0.462. The average Bonchev–Trinajstić information content (AvgIpc) is 2.73. The molecule has 0 aromatic heterocycles. The van der Waals surface area contributed by atoms with E-state index < -0.39 is 5.60 Å². The first kappa shape index (κ1) is 16.7. The summed E-state index contributed by atoms with van der Waals surface area (Å²) in [6.07, 6.45) is 9.76. The minimum atomic E-state index is -0.668. The van der Waals surface area contributed by atoms with Crippen molar-refractivity contribution >= 4 is 5.78 Å². The summed E-state index contributed by atoms with van der Waals surface area (Å²) < 4.78 is 0. The van der Waals surface area contributed by atoms with Crippen LogP contribution in [0.2, 0.25) is 0 Å². The quantitative estimate of drug-likeness (QED) is 0.781. The fraction of sp³-hybridized carbons (Fsp3) is 0.842. The summed E-state index contributed by atoms with van der Waals surface area (Å²) in [5.74, 6) is 2.05. The Labute approximate surface area is 130 Å². The molecule has 2 aliphatic rings. The summed E-state index contributed by atoms with van der Waals surface area (Å²) in [6, 6.07) is 0. The third-order valence-electron chi connectivity index (χ3n) is 6.39. The van der Waals surface area contributed by atoms with E-state index in [1.165, 1.54) is 12.8 Å². The van der Waals surface area contributed by atoms with Crippen LogP contribution in [0.1, 0.15) is 66.7 Å². The van der Waals surface area contributed by atoms with E-state index in [0.717, 1.165) is 19.3 Å². The Morgan fingerprint density at radius 1 is 1.29 bits per heavy atom. The largest absolute Gasteiger partial charge is 0.390 e. The zero-order valence-electron chi connectivity index (χ0n) is 14.4. The molecule has 0 bridgehead atoms. The van der Waals surface area contributed by atoms with Gasteiger partial charge in [0, 0.05) is 18.3 Å². The van der Waals surface area contributed by atoms with Crippen LogP contribution >= 0.6 is 0 Å². The molecule has 0 spiro atoms. The second-order valence-electron chi connectivity index (χ2n) is 8.25. The first-order chi connectivity index (χ1) is 9.66. The number of hydrogen-bond acceptors (Lipinski definition) is 2. The Bertz CT molecular complexity index is 418. The molecule has 21 heavy (non-hydrogen) atoms. The van der Waals surface area contributed by atoms with E-state index in [0.29, 0.717) is 23.5 Å². The molecule has 2 heteroatoms. The van der Waals surface area contributed by atoms with E-state index in [1.54, 1.807) is 0 Å². The molecule has 5 atom stereocenters. The van der Waals surface area contributed by atoms with Gasteiger partial charge in [0.15, 0.2) is 0 Å². The van der Waals surface area contributed by atoms with Crippen LogP contribution in [0.3, 0.4) is 0 Å².